The van der Waals surface area contributed by atoms with Gasteiger partial charge in [0.1, 0.15) is 23.0 Å². The van der Waals surface area contributed by atoms with E-state index in [4.69, 9.17) is 28.9 Å². The van der Waals surface area contributed by atoms with Crippen LogP contribution in [0.3, 0.4) is 0 Å². The largest absolute Gasteiger partial charge is 0.490 e. The third kappa shape index (κ3) is 6.28. The zero-order chi connectivity index (χ0) is 29.6. The summed E-state index contributed by atoms with van der Waals surface area (Å²) in [6, 6.07) is 3.10. The van der Waals surface area contributed by atoms with E-state index < -0.39 is 5.60 Å². The number of anilines is 1. The fraction of sp³-hybridized carbons (Fsp3) is 0.700. The number of fused-ring (bicyclic) bond motifs is 1. The quantitative estimate of drug-likeness (QED) is 0.356. The van der Waals surface area contributed by atoms with Gasteiger partial charge in [0, 0.05) is 53.6 Å². The van der Waals surface area contributed by atoms with E-state index in [0.29, 0.717) is 18.7 Å². The molecule has 1 aromatic heterocycles. The molecule has 4 aliphatic rings. The summed E-state index contributed by atoms with van der Waals surface area (Å²) in [6.45, 7) is 15.1. The maximum absolute atomic E-state index is 12.6. The van der Waals surface area contributed by atoms with Crippen molar-refractivity contribution in [1.82, 2.24) is 19.8 Å². The molecule has 12 heteroatoms. The Labute approximate surface area is 270 Å². The smallest absolute Gasteiger partial charge is 0.410 e. The van der Waals surface area contributed by atoms with E-state index in [2.05, 4.69) is 54.4 Å². The van der Waals surface area contributed by atoms with Crippen molar-refractivity contribution in [2.24, 2.45) is 5.41 Å². The number of likely N-dealkylation sites (tertiary alicyclic amines) is 2. The Morgan fingerprint density at radius 1 is 1.14 bits per heavy atom. The second kappa shape index (κ2) is 12.0. The van der Waals surface area contributed by atoms with Crippen molar-refractivity contribution < 1.29 is 23.7 Å². The molecule has 4 aliphatic heterocycles. The third-order valence-corrected chi connectivity index (χ3v) is 11.2. The number of carbonyl (C=O) groups is 1. The zero-order valence-corrected chi connectivity index (χ0v) is 28.7. The molecule has 1 spiro atoms. The average molecular weight is 758 g/mol. The minimum atomic E-state index is -0.480. The van der Waals surface area contributed by atoms with Crippen molar-refractivity contribution in [3.63, 3.8) is 0 Å². The molecule has 0 N–H and O–H groups in total. The van der Waals surface area contributed by atoms with Crippen molar-refractivity contribution in [3.05, 3.63) is 14.1 Å². The van der Waals surface area contributed by atoms with Gasteiger partial charge in [0.2, 0.25) is 0 Å². The maximum Gasteiger partial charge on any atom is 0.410 e. The summed E-state index contributed by atoms with van der Waals surface area (Å²) in [7, 11) is 0. The van der Waals surface area contributed by atoms with E-state index in [-0.39, 0.29) is 17.6 Å². The van der Waals surface area contributed by atoms with Crippen molar-refractivity contribution in [3.8, 4) is 11.8 Å². The van der Waals surface area contributed by atoms with Gasteiger partial charge in [-0.15, -0.1) is 0 Å². The second-order valence-electron chi connectivity index (χ2n) is 13.0. The van der Waals surface area contributed by atoms with E-state index in [1.165, 1.54) is 0 Å². The van der Waals surface area contributed by atoms with Crippen LogP contribution in [0, 0.1) is 8.99 Å². The zero-order valence-electron chi connectivity index (χ0n) is 25.0. The molecule has 0 atom stereocenters. The van der Waals surface area contributed by atoms with E-state index in [9.17, 15) is 4.79 Å². The Bertz CT molecular complexity index is 1310. The summed E-state index contributed by atoms with van der Waals surface area (Å²) >= 11 is 6.08. The van der Waals surface area contributed by atoms with Crippen LogP contribution in [0.2, 0.25) is 0 Å². The van der Waals surface area contributed by atoms with E-state index in [1.807, 2.05) is 32.6 Å². The molecule has 6 rings (SSSR count). The van der Waals surface area contributed by atoms with Gasteiger partial charge in [-0.3, -0.25) is 4.90 Å². The lowest BCUT2D eigenvalue weighted by molar-refractivity contribution is -0.0781. The highest BCUT2D eigenvalue weighted by Crippen LogP contribution is 2.45. The number of rotatable bonds is 6. The number of piperidine rings is 2. The molecule has 0 aliphatic carbocycles. The molecule has 5 heterocycles. The number of amides is 1. The first-order valence-electron chi connectivity index (χ1n) is 15.1. The van der Waals surface area contributed by atoms with Crippen LogP contribution in [0.1, 0.15) is 53.4 Å². The van der Waals surface area contributed by atoms with Gasteiger partial charge >= 0.3 is 12.1 Å². The van der Waals surface area contributed by atoms with Gasteiger partial charge in [-0.2, -0.15) is 9.97 Å². The van der Waals surface area contributed by atoms with Crippen LogP contribution in [0.15, 0.2) is 10.5 Å². The average Bonchev–Trinajstić information content (AvgIpc) is 2.89. The van der Waals surface area contributed by atoms with Crippen molar-refractivity contribution in [2.75, 3.05) is 64.0 Å². The van der Waals surface area contributed by atoms with Crippen LogP contribution in [0.5, 0.6) is 11.8 Å². The van der Waals surface area contributed by atoms with Crippen molar-refractivity contribution >= 4 is 61.3 Å². The van der Waals surface area contributed by atoms with Crippen LogP contribution in [-0.4, -0.2) is 103 Å². The number of halogens is 2. The Hall–Kier alpha value is -1.64. The monoisotopic (exact) mass is 757 g/mol. The van der Waals surface area contributed by atoms with Gasteiger partial charge in [0.15, 0.2) is 5.75 Å². The van der Waals surface area contributed by atoms with Crippen LogP contribution in [-0.2, 0) is 9.47 Å². The van der Waals surface area contributed by atoms with Gasteiger partial charge in [-0.05, 0) is 98.0 Å². The molecule has 0 radical (unpaired) electrons. The van der Waals surface area contributed by atoms with Gasteiger partial charge in [-0.1, -0.05) is 0 Å². The molecule has 230 valence electrons. The molecule has 4 fully saturated rings. The highest BCUT2D eigenvalue weighted by Gasteiger charge is 2.48. The summed E-state index contributed by atoms with van der Waals surface area (Å²) in [5.41, 5.74) is 0.434. The van der Waals surface area contributed by atoms with Gasteiger partial charge < -0.3 is 28.7 Å². The summed E-state index contributed by atoms with van der Waals surface area (Å²) in [5.74, 6) is 1.62. The normalized spacial score (nSPS) is 21.8. The molecule has 10 nitrogen and oxygen atoms in total. The molecule has 0 bridgehead atoms. The van der Waals surface area contributed by atoms with Crippen LogP contribution >= 0.6 is 38.5 Å². The number of ether oxygens (including phenoxy) is 4. The summed E-state index contributed by atoms with van der Waals surface area (Å²) in [6.07, 6.45) is 3.74. The first-order valence-corrected chi connectivity index (χ1v) is 17.0. The molecule has 0 unspecified atom stereocenters. The van der Waals surface area contributed by atoms with Crippen LogP contribution in [0.25, 0.3) is 10.9 Å². The lowest BCUT2D eigenvalue weighted by Crippen LogP contribution is -2.62. The Morgan fingerprint density at radius 2 is 1.83 bits per heavy atom. The first-order chi connectivity index (χ1) is 20.0. The molecular formula is C30H41BrIN5O5. The third-order valence-electron chi connectivity index (χ3n) is 8.80. The highest BCUT2D eigenvalue weighted by atomic mass is 127. The summed E-state index contributed by atoms with van der Waals surface area (Å²) in [4.78, 5) is 29.2. The van der Waals surface area contributed by atoms with Crippen molar-refractivity contribution in [1.29, 1.82) is 0 Å². The SMILES string of the molecule is CCOc1c(Br)c(I)cc2c(N3CCC4(CC3)CN(C(=O)OC(C)(C)C)C4)nc(OC3CCN(C4COC4)CC3)nc12. The second-order valence-corrected chi connectivity index (χ2v) is 15.0. The standard InChI is InChI=1S/C30H41BrIN5O5/c1-5-40-25-23(31)22(32)14-21-24(25)33-27(41-20-6-10-35(11-7-20)19-15-39-16-19)34-26(21)36-12-8-30(9-13-36)17-37(18-30)28(38)42-29(2,3)4/h14,19-20H,5-13,15-18H2,1-4H3. The first kappa shape index (κ1) is 30.4. The molecule has 0 saturated carbocycles. The lowest BCUT2D eigenvalue weighted by atomic mass is 9.72. The fourth-order valence-corrected chi connectivity index (χ4v) is 7.36. The predicted molar refractivity (Wildman–Crippen MR) is 173 cm³/mol. The van der Waals surface area contributed by atoms with E-state index >= 15 is 0 Å². The molecule has 1 amide bonds. The Kier molecular flexibility index (Phi) is 8.71. The Morgan fingerprint density at radius 3 is 2.43 bits per heavy atom. The van der Waals surface area contributed by atoms with Gasteiger partial charge in [0.25, 0.3) is 0 Å². The van der Waals surface area contributed by atoms with Gasteiger partial charge in [-0.25, -0.2) is 4.79 Å². The van der Waals surface area contributed by atoms with E-state index in [1.54, 1.807) is 0 Å². The van der Waals surface area contributed by atoms with Gasteiger partial charge in [0.05, 0.1) is 30.3 Å². The minimum Gasteiger partial charge on any atom is -0.490 e. The summed E-state index contributed by atoms with van der Waals surface area (Å²) < 4.78 is 25.5. The minimum absolute atomic E-state index is 0.0776. The molecular weight excluding hydrogens is 717 g/mol. The number of aromatic nitrogens is 2. The molecule has 2 aromatic rings. The fourth-order valence-electron chi connectivity index (χ4n) is 6.39. The molecule has 4 saturated heterocycles. The number of hydrogen-bond acceptors (Lipinski definition) is 9. The maximum atomic E-state index is 12.6. The Balaban J connectivity index is 1.21. The lowest BCUT2D eigenvalue weighted by Gasteiger charge is -2.53. The van der Waals surface area contributed by atoms with Crippen LogP contribution in [0.4, 0.5) is 10.6 Å². The highest BCUT2D eigenvalue weighted by molar-refractivity contribution is 14.1. The number of carbonyl (C=O) groups excluding carboxylic acids is 1. The molecule has 42 heavy (non-hydrogen) atoms. The number of hydrogen-bond donors (Lipinski definition) is 0. The number of nitrogens with zero attached hydrogens (tertiary/aromatic N) is 5. The predicted octanol–water partition coefficient (Wildman–Crippen LogP) is 5.47. The van der Waals surface area contributed by atoms with Crippen LogP contribution < -0.4 is 14.4 Å². The van der Waals surface area contributed by atoms with Crippen molar-refractivity contribution in [2.45, 2.75) is 71.1 Å². The number of benzene rings is 1. The van der Waals surface area contributed by atoms with E-state index in [0.717, 1.165) is 109 Å². The summed E-state index contributed by atoms with van der Waals surface area (Å²) in [5, 5.41) is 0.971. The topological polar surface area (TPSA) is 89.5 Å². The molecule has 1 aromatic carbocycles.